The Morgan fingerprint density at radius 2 is 2.28 bits per heavy atom. The summed E-state index contributed by atoms with van der Waals surface area (Å²) in [4.78, 5) is 6.98. The van der Waals surface area contributed by atoms with Gasteiger partial charge >= 0.3 is 0 Å². The Balaban J connectivity index is 1.72. The highest BCUT2D eigenvalue weighted by Gasteiger charge is 2.16. The first-order valence-electron chi connectivity index (χ1n) is 6.63. The van der Waals surface area contributed by atoms with Crippen LogP contribution in [0, 0.1) is 0 Å². The van der Waals surface area contributed by atoms with E-state index in [2.05, 4.69) is 41.5 Å². The molecule has 0 amide bonds. The van der Waals surface area contributed by atoms with Crippen LogP contribution in [0.25, 0.3) is 10.2 Å². The number of fused-ring (bicyclic) bond motifs is 1. The molecule has 2 aromatic rings. The van der Waals surface area contributed by atoms with E-state index >= 15 is 0 Å². The van der Waals surface area contributed by atoms with Gasteiger partial charge in [0.25, 0.3) is 0 Å². The van der Waals surface area contributed by atoms with Gasteiger partial charge in [-0.3, -0.25) is 0 Å². The molecule has 0 spiro atoms. The molecule has 1 aromatic heterocycles. The molecule has 1 N–H and O–H groups in total. The molecule has 1 atom stereocenters. The lowest BCUT2D eigenvalue weighted by molar-refractivity contribution is 0.403. The van der Waals surface area contributed by atoms with Crippen molar-refractivity contribution in [1.29, 1.82) is 0 Å². The lowest BCUT2D eigenvalue weighted by Gasteiger charge is -2.27. The zero-order chi connectivity index (χ0) is 12.4. The molecule has 4 heteroatoms. The van der Waals surface area contributed by atoms with Crippen molar-refractivity contribution >= 4 is 26.7 Å². The van der Waals surface area contributed by atoms with Crippen LogP contribution in [-0.4, -0.2) is 31.2 Å². The van der Waals surface area contributed by atoms with E-state index in [-0.39, 0.29) is 0 Å². The van der Waals surface area contributed by atoms with Gasteiger partial charge in [-0.2, -0.15) is 0 Å². The highest BCUT2D eigenvalue weighted by Crippen LogP contribution is 2.28. The average Bonchev–Trinajstić information content (AvgIpc) is 2.84. The quantitative estimate of drug-likeness (QED) is 0.921. The smallest absolute Gasteiger partial charge is 0.186 e. The number of hydrogen-bond donors (Lipinski definition) is 1. The van der Waals surface area contributed by atoms with Crippen LogP contribution in [0.1, 0.15) is 19.3 Å². The molecular weight excluding hydrogens is 242 g/mol. The summed E-state index contributed by atoms with van der Waals surface area (Å²) >= 11 is 1.78. The second-order valence-electron chi connectivity index (χ2n) is 4.99. The third-order valence-corrected chi connectivity index (χ3v) is 4.67. The van der Waals surface area contributed by atoms with E-state index in [1.165, 1.54) is 30.5 Å². The van der Waals surface area contributed by atoms with E-state index in [4.69, 9.17) is 4.98 Å². The first kappa shape index (κ1) is 11.9. The maximum Gasteiger partial charge on any atom is 0.186 e. The summed E-state index contributed by atoms with van der Waals surface area (Å²) < 4.78 is 1.27. The van der Waals surface area contributed by atoms with Gasteiger partial charge in [-0.1, -0.05) is 29.9 Å². The van der Waals surface area contributed by atoms with Crippen molar-refractivity contribution < 1.29 is 0 Å². The van der Waals surface area contributed by atoms with Gasteiger partial charge < -0.3 is 10.2 Å². The summed E-state index contributed by atoms with van der Waals surface area (Å²) in [7, 11) is 2.15. The summed E-state index contributed by atoms with van der Waals surface area (Å²) in [5.41, 5.74) is 1.11. The minimum Gasteiger partial charge on any atom is -0.350 e. The number of nitrogens with zero attached hydrogens (tertiary/aromatic N) is 2. The monoisotopic (exact) mass is 261 g/mol. The van der Waals surface area contributed by atoms with E-state index in [1.54, 1.807) is 11.3 Å². The molecule has 0 radical (unpaired) electrons. The summed E-state index contributed by atoms with van der Waals surface area (Å²) in [5, 5.41) is 4.72. The summed E-state index contributed by atoms with van der Waals surface area (Å²) in [5.74, 6) is 0. The summed E-state index contributed by atoms with van der Waals surface area (Å²) in [6.07, 6.45) is 3.96. The molecule has 0 bridgehead atoms. The van der Waals surface area contributed by atoms with E-state index in [0.717, 1.165) is 17.2 Å². The van der Waals surface area contributed by atoms with E-state index in [9.17, 15) is 0 Å². The van der Waals surface area contributed by atoms with Gasteiger partial charge in [0.1, 0.15) is 0 Å². The van der Waals surface area contributed by atoms with Crippen LogP contribution in [0.2, 0.25) is 0 Å². The first-order valence-corrected chi connectivity index (χ1v) is 7.45. The number of benzene rings is 1. The largest absolute Gasteiger partial charge is 0.350 e. The van der Waals surface area contributed by atoms with E-state index in [0.29, 0.717) is 6.04 Å². The van der Waals surface area contributed by atoms with Crippen LogP contribution in [0.15, 0.2) is 24.3 Å². The predicted octanol–water partition coefficient (Wildman–Crippen LogP) is 2.87. The molecule has 1 saturated heterocycles. The maximum atomic E-state index is 4.69. The molecule has 0 aliphatic carbocycles. The van der Waals surface area contributed by atoms with Crippen LogP contribution in [-0.2, 0) is 0 Å². The molecule has 3 nitrogen and oxygen atoms in total. The van der Waals surface area contributed by atoms with E-state index in [1.807, 2.05) is 0 Å². The van der Waals surface area contributed by atoms with Crippen LogP contribution >= 0.6 is 11.3 Å². The molecule has 0 saturated carbocycles. The fourth-order valence-corrected chi connectivity index (χ4v) is 3.45. The van der Waals surface area contributed by atoms with Crippen molar-refractivity contribution in [3.8, 4) is 0 Å². The second-order valence-corrected chi connectivity index (χ2v) is 6.00. The molecular formula is C14H19N3S. The molecule has 96 valence electrons. The first-order chi connectivity index (χ1) is 8.83. The van der Waals surface area contributed by atoms with E-state index < -0.39 is 0 Å². The van der Waals surface area contributed by atoms with Gasteiger partial charge in [-0.25, -0.2) is 4.98 Å². The Morgan fingerprint density at radius 3 is 3.06 bits per heavy atom. The number of thiazole rings is 1. The zero-order valence-electron chi connectivity index (χ0n) is 10.7. The highest BCUT2D eigenvalue weighted by molar-refractivity contribution is 7.22. The molecule has 3 rings (SSSR count). The maximum absolute atomic E-state index is 4.69. The number of para-hydroxylation sites is 1. The Labute approximate surface area is 112 Å². The lowest BCUT2D eigenvalue weighted by Crippen LogP contribution is -2.42. The SMILES string of the molecule is CN(C[C@@H]1CCCCN1)c1nc2ccccc2s1. The third-order valence-electron chi connectivity index (χ3n) is 3.52. The van der Waals surface area contributed by atoms with Crippen molar-refractivity contribution in [3.05, 3.63) is 24.3 Å². The molecule has 18 heavy (non-hydrogen) atoms. The number of nitrogens with one attached hydrogen (secondary N) is 1. The zero-order valence-corrected chi connectivity index (χ0v) is 11.5. The molecule has 1 fully saturated rings. The number of anilines is 1. The Morgan fingerprint density at radius 1 is 1.39 bits per heavy atom. The second kappa shape index (κ2) is 5.24. The normalized spacial score (nSPS) is 20.2. The van der Waals surface area contributed by atoms with Crippen molar-refractivity contribution in [2.45, 2.75) is 25.3 Å². The number of likely N-dealkylation sites (N-methyl/N-ethyl adjacent to an activating group) is 1. The highest BCUT2D eigenvalue weighted by atomic mass is 32.1. The number of piperidine rings is 1. The fourth-order valence-electron chi connectivity index (χ4n) is 2.51. The Kier molecular flexibility index (Phi) is 3.48. The van der Waals surface area contributed by atoms with Crippen LogP contribution in [0.4, 0.5) is 5.13 Å². The molecule has 2 heterocycles. The summed E-state index contributed by atoms with van der Waals surface area (Å²) in [6.45, 7) is 2.22. The number of rotatable bonds is 3. The van der Waals surface area contributed by atoms with Gasteiger partial charge in [0.2, 0.25) is 0 Å². The van der Waals surface area contributed by atoms with Crippen LogP contribution < -0.4 is 10.2 Å². The van der Waals surface area contributed by atoms with Gasteiger partial charge in [0.05, 0.1) is 10.2 Å². The minimum atomic E-state index is 0.621. The topological polar surface area (TPSA) is 28.2 Å². The molecule has 1 aliphatic rings. The lowest BCUT2D eigenvalue weighted by atomic mass is 10.1. The van der Waals surface area contributed by atoms with Crippen molar-refractivity contribution in [2.75, 3.05) is 25.0 Å². The number of hydrogen-bond acceptors (Lipinski definition) is 4. The Bertz CT molecular complexity index is 483. The standard InChI is InChI=1S/C14H19N3S/c1-17(10-11-6-4-5-9-15-11)14-16-12-7-2-3-8-13(12)18-14/h2-3,7-8,11,15H,4-6,9-10H2,1H3/t11-/m0/s1. The van der Waals surface area contributed by atoms with Gasteiger partial charge in [0.15, 0.2) is 5.13 Å². The van der Waals surface area contributed by atoms with Crippen molar-refractivity contribution in [2.24, 2.45) is 0 Å². The minimum absolute atomic E-state index is 0.621. The molecule has 1 aromatic carbocycles. The van der Waals surface area contributed by atoms with Gasteiger partial charge in [-0.15, -0.1) is 0 Å². The number of aromatic nitrogens is 1. The third kappa shape index (κ3) is 2.49. The fraction of sp³-hybridized carbons (Fsp3) is 0.500. The average molecular weight is 261 g/mol. The van der Waals surface area contributed by atoms with Gasteiger partial charge in [-0.05, 0) is 31.5 Å². The van der Waals surface area contributed by atoms with Gasteiger partial charge in [0, 0.05) is 19.6 Å². The predicted molar refractivity (Wildman–Crippen MR) is 78.5 cm³/mol. The van der Waals surface area contributed by atoms with Crippen molar-refractivity contribution in [3.63, 3.8) is 0 Å². The summed E-state index contributed by atoms with van der Waals surface area (Å²) in [6, 6.07) is 8.97. The van der Waals surface area contributed by atoms with Crippen LogP contribution in [0.3, 0.4) is 0 Å². The molecule has 1 aliphatic heterocycles. The van der Waals surface area contributed by atoms with Crippen LogP contribution in [0.5, 0.6) is 0 Å². The van der Waals surface area contributed by atoms with Crippen molar-refractivity contribution in [1.82, 2.24) is 10.3 Å². The molecule has 0 unspecified atom stereocenters. The Hall–Kier alpha value is -1.13.